The summed E-state index contributed by atoms with van der Waals surface area (Å²) in [6.45, 7) is 0. The molecule has 0 amide bonds. The summed E-state index contributed by atoms with van der Waals surface area (Å²) in [4.78, 5) is 3.82. The molecule has 0 radical (unpaired) electrons. The molecule has 0 atom stereocenters. The van der Waals surface area contributed by atoms with E-state index >= 15 is 0 Å². The van der Waals surface area contributed by atoms with E-state index in [2.05, 4.69) is 20.9 Å². The number of hydrogen-bond acceptors (Lipinski definition) is 1. The van der Waals surface area contributed by atoms with Gasteiger partial charge in [-0.15, -0.1) is 0 Å². The maximum atomic E-state index is 13.4. The quantitative estimate of drug-likeness (QED) is 0.675. The van der Waals surface area contributed by atoms with Crippen LogP contribution < -0.4 is 0 Å². The van der Waals surface area contributed by atoms with Crippen LogP contribution in [0.4, 0.5) is 4.39 Å². The zero-order valence-corrected chi connectivity index (χ0v) is 8.14. The first-order valence-corrected chi connectivity index (χ1v) is 4.88. The normalized spacial score (nSPS) is 17.5. The lowest BCUT2D eigenvalue weighted by Gasteiger charge is -2.25. The minimum atomic E-state index is -0.179. The van der Waals surface area contributed by atoms with Crippen molar-refractivity contribution in [1.29, 1.82) is 0 Å². The number of nitrogens with zero attached hydrogens (tertiary/aromatic N) is 1. The third kappa shape index (κ3) is 1.26. The smallest absolute Gasteiger partial charge is 0.159 e. The molecule has 1 nitrogen and oxygen atoms in total. The molecule has 1 fully saturated rings. The number of pyridine rings is 1. The van der Waals surface area contributed by atoms with Crippen molar-refractivity contribution in [1.82, 2.24) is 4.98 Å². The van der Waals surface area contributed by atoms with Crippen molar-refractivity contribution in [3.05, 3.63) is 28.2 Å². The molecule has 0 N–H and O–H groups in total. The van der Waals surface area contributed by atoms with Crippen LogP contribution in [-0.4, -0.2) is 4.98 Å². The Bertz CT molecular complexity index is 297. The first-order valence-electron chi connectivity index (χ1n) is 4.09. The van der Waals surface area contributed by atoms with Gasteiger partial charge in [0.05, 0.1) is 0 Å². The predicted octanol–water partition coefficient (Wildman–Crippen LogP) is 3.25. The van der Waals surface area contributed by atoms with Gasteiger partial charge in [0.15, 0.2) is 5.82 Å². The van der Waals surface area contributed by atoms with E-state index in [1.807, 2.05) is 0 Å². The van der Waals surface area contributed by atoms with E-state index in [0.717, 1.165) is 18.4 Å². The van der Waals surface area contributed by atoms with Crippen molar-refractivity contribution >= 4 is 15.9 Å². The highest BCUT2D eigenvalue weighted by molar-refractivity contribution is 9.10. The molecule has 0 aliphatic heterocycles. The molecule has 1 aliphatic rings. The monoisotopic (exact) mass is 229 g/mol. The zero-order chi connectivity index (χ0) is 8.55. The highest BCUT2D eigenvalue weighted by atomic mass is 79.9. The maximum Gasteiger partial charge on any atom is 0.159 e. The van der Waals surface area contributed by atoms with Crippen LogP contribution in [0.5, 0.6) is 0 Å². The largest absolute Gasteiger partial charge is 0.246 e. The lowest BCUT2D eigenvalue weighted by atomic mass is 9.80. The van der Waals surface area contributed by atoms with Gasteiger partial charge in [-0.2, -0.15) is 0 Å². The minimum absolute atomic E-state index is 0.179. The number of hydrogen-bond donors (Lipinski definition) is 0. The zero-order valence-electron chi connectivity index (χ0n) is 6.56. The molecule has 1 aliphatic carbocycles. The Kier molecular flexibility index (Phi) is 2.13. The second-order valence-electron chi connectivity index (χ2n) is 3.13. The van der Waals surface area contributed by atoms with E-state index in [1.165, 1.54) is 6.42 Å². The van der Waals surface area contributed by atoms with Gasteiger partial charge in [0, 0.05) is 6.20 Å². The molecule has 1 heterocycles. The topological polar surface area (TPSA) is 12.9 Å². The summed E-state index contributed by atoms with van der Waals surface area (Å²) in [5.41, 5.74) is 0.822. The van der Waals surface area contributed by atoms with Crippen LogP contribution >= 0.6 is 15.9 Å². The average molecular weight is 230 g/mol. The Balaban J connectivity index is 2.36. The standard InChI is InChI=1S/C9H9BrFN/c10-9-8(11)7(4-5-12-9)6-2-1-3-6/h4-6H,1-3H2. The van der Waals surface area contributed by atoms with Gasteiger partial charge in [-0.3, -0.25) is 0 Å². The predicted molar refractivity (Wildman–Crippen MR) is 48.5 cm³/mol. The lowest BCUT2D eigenvalue weighted by molar-refractivity contribution is 0.402. The van der Waals surface area contributed by atoms with Crippen molar-refractivity contribution in [3.63, 3.8) is 0 Å². The highest BCUT2D eigenvalue weighted by Gasteiger charge is 2.23. The first-order chi connectivity index (χ1) is 5.79. The molecule has 1 saturated carbocycles. The summed E-state index contributed by atoms with van der Waals surface area (Å²) >= 11 is 3.08. The maximum absolute atomic E-state index is 13.4. The Hall–Kier alpha value is -0.440. The number of aromatic nitrogens is 1. The summed E-state index contributed by atoms with van der Waals surface area (Å²) in [5, 5.41) is 0. The molecule has 12 heavy (non-hydrogen) atoms. The summed E-state index contributed by atoms with van der Waals surface area (Å²) in [7, 11) is 0. The van der Waals surface area contributed by atoms with Crippen LogP contribution in [0, 0.1) is 5.82 Å². The summed E-state index contributed by atoms with van der Waals surface area (Å²) < 4.78 is 13.7. The molecule has 0 unspecified atom stereocenters. The van der Waals surface area contributed by atoms with Crippen LogP contribution in [0.2, 0.25) is 0 Å². The number of rotatable bonds is 1. The van der Waals surface area contributed by atoms with Crippen molar-refractivity contribution in [2.75, 3.05) is 0 Å². The van der Waals surface area contributed by atoms with Crippen LogP contribution in [0.1, 0.15) is 30.7 Å². The van der Waals surface area contributed by atoms with Crippen LogP contribution in [0.15, 0.2) is 16.9 Å². The third-order valence-corrected chi connectivity index (χ3v) is 2.97. The first kappa shape index (κ1) is 8.17. The lowest BCUT2D eigenvalue weighted by Crippen LogP contribution is -2.11. The van der Waals surface area contributed by atoms with E-state index in [9.17, 15) is 4.39 Å². The van der Waals surface area contributed by atoms with Gasteiger partial charge in [0.1, 0.15) is 4.60 Å². The molecule has 1 aromatic heterocycles. The third-order valence-electron chi connectivity index (χ3n) is 2.42. The Morgan fingerprint density at radius 1 is 1.50 bits per heavy atom. The highest BCUT2D eigenvalue weighted by Crippen LogP contribution is 2.38. The van der Waals surface area contributed by atoms with Crippen molar-refractivity contribution < 1.29 is 4.39 Å². The van der Waals surface area contributed by atoms with E-state index in [-0.39, 0.29) is 5.82 Å². The van der Waals surface area contributed by atoms with Gasteiger partial charge in [0.2, 0.25) is 0 Å². The molecule has 3 heteroatoms. The minimum Gasteiger partial charge on any atom is -0.246 e. The summed E-state index contributed by atoms with van der Waals surface area (Å²) in [6, 6.07) is 1.78. The molecule has 0 spiro atoms. The van der Waals surface area contributed by atoms with Gasteiger partial charge in [-0.05, 0) is 46.3 Å². The van der Waals surface area contributed by atoms with Crippen LogP contribution in [-0.2, 0) is 0 Å². The Morgan fingerprint density at radius 2 is 2.25 bits per heavy atom. The van der Waals surface area contributed by atoms with Gasteiger partial charge in [0.25, 0.3) is 0 Å². The molecule has 0 saturated heterocycles. The molecule has 2 rings (SSSR count). The number of halogens is 2. The van der Waals surface area contributed by atoms with Gasteiger partial charge < -0.3 is 0 Å². The van der Waals surface area contributed by atoms with Gasteiger partial charge >= 0.3 is 0 Å². The molecule has 0 aromatic carbocycles. The van der Waals surface area contributed by atoms with E-state index in [4.69, 9.17) is 0 Å². The fourth-order valence-corrected chi connectivity index (χ4v) is 1.81. The van der Waals surface area contributed by atoms with Crippen molar-refractivity contribution in [3.8, 4) is 0 Å². The second-order valence-corrected chi connectivity index (χ2v) is 3.88. The Morgan fingerprint density at radius 3 is 2.83 bits per heavy atom. The van der Waals surface area contributed by atoms with E-state index < -0.39 is 0 Å². The van der Waals surface area contributed by atoms with Crippen LogP contribution in [0.3, 0.4) is 0 Å². The Labute approximate surface area is 79.1 Å². The fourth-order valence-electron chi connectivity index (χ4n) is 1.47. The second kappa shape index (κ2) is 3.13. The van der Waals surface area contributed by atoms with Gasteiger partial charge in [-0.25, -0.2) is 9.37 Å². The fraction of sp³-hybridized carbons (Fsp3) is 0.444. The molecule has 1 aromatic rings. The van der Waals surface area contributed by atoms with Crippen LogP contribution in [0.25, 0.3) is 0 Å². The van der Waals surface area contributed by atoms with Crippen molar-refractivity contribution in [2.45, 2.75) is 25.2 Å². The molecule has 64 valence electrons. The van der Waals surface area contributed by atoms with Crippen molar-refractivity contribution in [2.24, 2.45) is 0 Å². The van der Waals surface area contributed by atoms with E-state index in [1.54, 1.807) is 12.3 Å². The van der Waals surface area contributed by atoms with E-state index in [0.29, 0.717) is 10.5 Å². The SMILES string of the molecule is Fc1c(C2CCC2)ccnc1Br. The van der Waals surface area contributed by atoms with Gasteiger partial charge in [-0.1, -0.05) is 6.42 Å². The average Bonchev–Trinajstić information content (AvgIpc) is 1.95. The molecular weight excluding hydrogens is 221 g/mol. The summed E-state index contributed by atoms with van der Waals surface area (Å²) in [6.07, 6.45) is 5.12. The molecule has 0 bridgehead atoms. The molecular formula is C9H9BrFN. The summed E-state index contributed by atoms with van der Waals surface area (Å²) in [5.74, 6) is 0.256.